The number of hydrogen-bond donors (Lipinski definition) is 1. The van der Waals surface area contributed by atoms with E-state index < -0.39 is 5.97 Å². The normalized spacial score (nSPS) is 10.8. The van der Waals surface area contributed by atoms with Gasteiger partial charge in [0.25, 0.3) is 0 Å². The van der Waals surface area contributed by atoms with Crippen LogP contribution >= 0.6 is 0 Å². The predicted octanol–water partition coefficient (Wildman–Crippen LogP) is 3.50. The van der Waals surface area contributed by atoms with Crippen LogP contribution in [0.4, 0.5) is 5.69 Å². The molecule has 0 unspecified atom stereocenters. The van der Waals surface area contributed by atoms with Gasteiger partial charge in [0.15, 0.2) is 0 Å². The van der Waals surface area contributed by atoms with E-state index in [1.807, 2.05) is 12.1 Å². The molecule has 0 saturated heterocycles. The monoisotopic (exact) mass is 330 g/mol. The predicted molar refractivity (Wildman–Crippen MR) is 98.1 cm³/mol. The molecule has 1 aromatic heterocycles. The van der Waals surface area contributed by atoms with Gasteiger partial charge in [-0.1, -0.05) is 13.3 Å². The minimum atomic E-state index is -0.578. The lowest BCUT2D eigenvalue weighted by molar-refractivity contribution is 0.0524. The highest BCUT2D eigenvalue weighted by molar-refractivity contribution is 5.94. The van der Waals surface area contributed by atoms with Crippen LogP contribution in [0.3, 0.4) is 0 Å². The summed E-state index contributed by atoms with van der Waals surface area (Å²) in [6, 6.07) is 3.94. The number of esters is 1. The van der Waals surface area contributed by atoms with Crippen molar-refractivity contribution in [2.75, 3.05) is 24.6 Å². The fraction of sp³-hybridized carbons (Fsp3) is 0.474. The number of benzene rings is 1. The van der Waals surface area contributed by atoms with Crippen LogP contribution in [0.5, 0.6) is 0 Å². The molecule has 5 nitrogen and oxygen atoms in total. The lowest BCUT2D eigenvalue weighted by atomic mass is 10.0. The van der Waals surface area contributed by atoms with Gasteiger partial charge in [0.1, 0.15) is 5.56 Å². The summed E-state index contributed by atoms with van der Waals surface area (Å²) in [5.41, 5.74) is 2.82. The maximum absolute atomic E-state index is 12.7. The van der Waals surface area contributed by atoms with Crippen molar-refractivity contribution >= 4 is 22.6 Å². The first kappa shape index (κ1) is 18.0. The molecule has 5 heteroatoms. The van der Waals surface area contributed by atoms with Gasteiger partial charge < -0.3 is 14.6 Å². The number of fused-ring (bicyclic) bond motifs is 1. The number of hydrogen-bond acceptors (Lipinski definition) is 4. The highest BCUT2D eigenvalue weighted by Crippen LogP contribution is 2.26. The standard InChI is InChI=1S/C19H26N2O3/c1-5-9-13-10-14-16(11-17(13)21(6-2)7-3)20-12-15(18(14)22)19(23)24-8-4/h10-12H,5-9H2,1-4H3,(H,20,22). The van der Waals surface area contributed by atoms with Gasteiger partial charge in [0.2, 0.25) is 5.43 Å². The van der Waals surface area contributed by atoms with Crippen molar-refractivity contribution < 1.29 is 9.53 Å². The van der Waals surface area contributed by atoms with E-state index in [1.165, 1.54) is 6.20 Å². The molecular weight excluding hydrogens is 304 g/mol. The van der Waals surface area contributed by atoms with E-state index in [0.29, 0.717) is 5.39 Å². The Hall–Kier alpha value is -2.30. The first-order valence-corrected chi connectivity index (χ1v) is 8.67. The molecule has 1 N–H and O–H groups in total. The zero-order valence-corrected chi connectivity index (χ0v) is 14.9. The fourth-order valence-corrected chi connectivity index (χ4v) is 2.99. The molecule has 130 valence electrons. The van der Waals surface area contributed by atoms with E-state index in [0.717, 1.165) is 42.7 Å². The molecule has 0 fully saturated rings. The van der Waals surface area contributed by atoms with Crippen LogP contribution in [0.1, 0.15) is 50.0 Å². The van der Waals surface area contributed by atoms with Gasteiger partial charge in [-0.15, -0.1) is 0 Å². The van der Waals surface area contributed by atoms with Crippen molar-refractivity contribution in [3.8, 4) is 0 Å². The number of nitrogens with one attached hydrogen (secondary N) is 1. The molecule has 1 heterocycles. The van der Waals surface area contributed by atoms with Gasteiger partial charge in [-0.2, -0.15) is 0 Å². The number of nitrogens with zero attached hydrogens (tertiary/aromatic N) is 1. The molecule has 0 amide bonds. The molecule has 2 aromatic rings. The van der Waals surface area contributed by atoms with Crippen LogP contribution in [0.2, 0.25) is 0 Å². The summed E-state index contributed by atoms with van der Waals surface area (Å²) in [6.45, 7) is 10.1. The molecule has 0 aliphatic heterocycles. The van der Waals surface area contributed by atoms with Gasteiger partial charge in [0, 0.05) is 30.4 Å². The minimum Gasteiger partial charge on any atom is -0.462 e. The molecule has 24 heavy (non-hydrogen) atoms. The fourth-order valence-electron chi connectivity index (χ4n) is 2.99. The molecule has 0 aliphatic carbocycles. The van der Waals surface area contributed by atoms with E-state index in [2.05, 4.69) is 30.7 Å². The van der Waals surface area contributed by atoms with E-state index in [-0.39, 0.29) is 17.6 Å². The summed E-state index contributed by atoms with van der Waals surface area (Å²) in [5.74, 6) is -0.578. The number of rotatable bonds is 7. The molecule has 0 spiro atoms. The second-order valence-corrected chi connectivity index (χ2v) is 5.70. The topological polar surface area (TPSA) is 62.4 Å². The van der Waals surface area contributed by atoms with E-state index in [9.17, 15) is 9.59 Å². The maximum atomic E-state index is 12.7. The zero-order chi connectivity index (χ0) is 17.7. The minimum absolute atomic E-state index is 0.0578. The number of aryl methyl sites for hydroxylation is 1. The number of H-pyrrole nitrogens is 1. The van der Waals surface area contributed by atoms with Gasteiger partial charge in [0.05, 0.1) is 12.1 Å². The van der Waals surface area contributed by atoms with Gasteiger partial charge >= 0.3 is 5.97 Å². The molecule has 0 aliphatic rings. The average Bonchev–Trinajstić information content (AvgIpc) is 2.57. The third-order valence-corrected chi connectivity index (χ3v) is 4.20. The van der Waals surface area contributed by atoms with Crippen LogP contribution < -0.4 is 10.3 Å². The van der Waals surface area contributed by atoms with Crippen LogP contribution in [-0.2, 0) is 11.2 Å². The van der Waals surface area contributed by atoms with Crippen LogP contribution in [0, 0.1) is 0 Å². The molecular formula is C19H26N2O3. The SMILES string of the molecule is CCCc1cc2c(=O)c(C(=O)OCC)c[nH]c2cc1N(CC)CC. The molecule has 0 bridgehead atoms. The average molecular weight is 330 g/mol. The van der Waals surface area contributed by atoms with Crippen molar-refractivity contribution in [1.82, 2.24) is 4.98 Å². The number of carbonyl (C=O) groups excluding carboxylic acids is 1. The summed E-state index contributed by atoms with van der Waals surface area (Å²) in [4.78, 5) is 30.0. The smallest absolute Gasteiger partial charge is 0.343 e. The first-order chi connectivity index (χ1) is 11.6. The Kier molecular flexibility index (Phi) is 6.01. The Morgan fingerprint density at radius 2 is 1.88 bits per heavy atom. The van der Waals surface area contributed by atoms with Gasteiger partial charge in [-0.3, -0.25) is 4.79 Å². The Labute approximate surface area is 142 Å². The van der Waals surface area contributed by atoms with E-state index in [1.54, 1.807) is 6.92 Å². The van der Waals surface area contributed by atoms with Crippen molar-refractivity contribution in [3.63, 3.8) is 0 Å². The largest absolute Gasteiger partial charge is 0.462 e. The van der Waals surface area contributed by atoms with E-state index in [4.69, 9.17) is 4.74 Å². The van der Waals surface area contributed by atoms with Crippen LogP contribution in [0.15, 0.2) is 23.1 Å². The van der Waals surface area contributed by atoms with Crippen LogP contribution in [0.25, 0.3) is 10.9 Å². The van der Waals surface area contributed by atoms with Crippen molar-refractivity contribution in [1.29, 1.82) is 0 Å². The third-order valence-electron chi connectivity index (χ3n) is 4.20. The Balaban J connectivity index is 2.66. The molecule has 2 rings (SSSR count). The zero-order valence-electron chi connectivity index (χ0n) is 14.9. The van der Waals surface area contributed by atoms with Gasteiger partial charge in [-0.05, 0) is 44.9 Å². The highest BCUT2D eigenvalue weighted by Gasteiger charge is 2.17. The van der Waals surface area contributed by atoms with Crippen molar-refractivity contribution in [2.24, 2.45) is 0 Å². The number of pyridine rings is 1. The number of ether oxygens (including phenoxy) is 1. The molecule has 0 saturated carbocycles. The summed E-state index contributed by atoms with van der Waals surface area (Å²) in [7, 11) is 0. The van der Waals surface area contributed by atoms with Crippen molar-refractivity contribution in [2.45, 2.75) is 40.5 Å². The maximum Gasteiger partial charge on any atom is 0.343 e. The molecule has 1 aromatic carbocycles. The van der Waals surface area contributed by atoms with Crippen molar-refractivity contribution in [3.05, 3.63) is 39.7 Å². The summed E-state index contributed by atoms with van der Waals surface area (Å²) >= 11 is 0. The summed E-state index contributed by atoms with van der Waals surface area (Å²) in [5, 5.41) is 0.542. The lowest BCUT2D eigenvalue weighted by Gasteiger charge is -2.24. The summed E-state index contributed by atoms with van der Waals surface area (Å²) < 4.78 is 4.97. The Morgan fingerprint density at radius 3 is 2.46 bits per heavy atom. The van der Waals surface area contributed by atoms with Gasteiger partial charge in [-0.25, -0.2) is 4.79 Å². The van der Waals surface area contributed by atoms with Crippen LogP contribution in [-0.4, -0.2) is 30.6 Å². The number of aromatic amines is 1. The van der Waals surface area contributed by atoms with E-state index >= 15 is 0 Å². The Morgan fingerprint density at radius 1 is 1.17 bits per heavy atom. The Bertz CT molecular complexity index is 776. The quantitative estimate of drug-likeness (QED) is 0.789. The highest BCUT2D eigenvalue weighted by atomic mass is 16.5. The second-order valence-electron chi connectivity index (χ2n) is 5.70. The summed E-state index contributed by atoms with van der Waals surface area (Å²) in [6.07, 6.45) is 3.34. The number of anilines is 1. The number of carbonyl (C=O) groups is 1. The molecule has 0 radical (unpaired) electrons. The molecule has 0 atom stereocenters. The lowest BCUT2D eigenvalue weighted by Crippen LogP contribution is -2.24. The second kappa shape index (κ2) is 7.99. The number of aromatic nitrogens is 1. The first-order valence-electron chi connectivity index (χ1n) is 8.67. The third kappa shape index (κ3) is 3.45.